The highest BCUT2D eigenvalue weighted by Crippen LogP contribution is 2.29. The van der Waals surface area contributed by atoms with Crippen LogP contribution in [0.2, 0.25) is 0 Å². The van der Waals surface area contributed by atoms with E-state index in [0.717, 1.165) is 8.96 Å². The number of hydrogen-bond acceptors (Lipinski definition) is 4. The number of amides is 1. The van der Waals surface area contributed by atoms with E-state index in [1.807, 2.05) is 6.20 Å². The minimum atomic E-state index is -0.310. The highest BCUT2D eigenvalue weighted by molar-refractivity contribution is 14.1. The van der Waals surface area contributed by atoms with Gasteiger partial charge in [-0.15, -0.1) is 0 Å². The van der Waals surface area contributed by atoms with Gasteiger partial charge >= 0.3 is 0 Å². The van der Waals surface area contributed by atoms with Crippen molar-refractivity contribution >= 4 is 50.9 Å². The lowest BCUT2D eigenvalue weighted by atomic mass is 10.0. The number of nitrogens with one attached hydrogen (secondary N) is 2. The smallest absolute Gasteiger partial charge is 0.255 e. The molecule has 1 amide bonds. The van der Waals surface area contributed by atoms with Gasteiger partial charge in [0.1, 0.15) is 5.65 Å². The van der Waals surface area contributed by atoms with Gasteiger partial charge in [-0.2, -0.15) is 0 Å². The van der Waals surface area contributed by atoms with Gasteiger partial charge < -0.3 is 16.0 Å². The molecule has 0 bridgehead atoms. The number of carbonyl (C=O) groups excluding carboxylic acids is 1. The number of pyridine rings is 1. The Balaban J connectivity index is 1.97. The van der Waals surface area contributed by atoms with Crippen LogP contribution in [-0.4, -0.2) is 15.9 Å². The molecule has 4 N–H and O–H groups in total. The summed E-state index contributed by atoms with van der Waals surface area (Å²) in [4.78, 5) is 22.7. The second-order valence-electron chi connectivity index (χ2n) is 5.42. The van der Waals surface area contributed by atoms with Crippen molar-refractivity contribution in [3.05, 3.63) is 61.8 Å². The summed E-state index contributed by atoms with van der Waals surface area (Å²) in [5.74, 6) is -0.310. The third kappa shape index (κ3) is 3.43. The number of benzene rings is 1. The first-order chi connectivity index (χ1) is 12.0. The molecule has 0 aliphatic heterocycles. The largest absolute Gasteiger partial charge is 0.345 e. The number of carbonyl (C=O) groups is 1. The van der Waals surface area contributed by atoms with E-state index in [1.165, 1.54) is 6.07 Å². The van der Waals surface area contributed by atoms with Crippen LogP contribution in [0.25, 0.3) is 21.5 Å². The molecule has 1 atom stereocenters. The fraction of sp³-hybridized carbons (Fsp3) is 0.125. The average Bonchev–Trinajstić information content (AvgIpc) is 2.97. The lowest BCUT2D eigenvalue weighted by Crippen LogP contribution is -2.13. The van der Waals surface area contributed by atoms with Gasteiger partial charge in [-0.1, -0.05) is 11.2 Å². The topological polar surface area (TPSA) is 133 Å². The molecule has 9 heteroatoms. The summed E-state index contributed by atoms with van der Waals surface area (Å²) in [6.07, 6.45) is 3.44. The Hall–Kier alpha value is -2.62. The second-order valence-corrected chi connectivity index (χ2v) is 6.59. The Morgan fingerprint density at radius 3 is 3.00 bits per heavy atom. The van der Waals surface area contributed by atoms with E-state index in [-0.39, 0.29) is 11.9 Å². The minimum Gasteiger partial charge on any atom is -0.345 e. The lowest BCUT2D eigenvalue weighted by molar-refractivity contribution is 0.102. The summed E-state index contributed by atoms with van der Waals surface area (Å²) in [6.45, 7) is 1.78. The molecule has 0 aliphatic rings. The first-order valence-corrected chi connectivity index (χ1v) is 8.46. The normalized spacial score (nSPS) is 11.8. The van der Waals surface area contributed by atoms with Crippen molar-refractivity contribution < 1.29 is 4.79 Å². The average molecular weight is 447 g/mol. The van der Waals surface area contributed by atoms with Gasteiger partial charge in [0, 0.05) is 38.2 Å². The van der Waals surface area contributed by atoms with E-state index < -0.39 is 0 Å². The van der Waals surface area contributed by atoms with Gasteiger partial charge in [0.05, 0.1) is 11.1 Å². The predicted octanol–water partition coefficient (Wildman–Crippen LogP) is 4.38. The van der Waals surface area contributed by atoms with Crippen molar-refractivity contribution in [2.45, 2.75) is 13.0 Å². The van der Waals surface area contributed by atoms with Crippen LogP contribution in [-0.2, 0) is 0 Å². The van der Waals surface area contributed by atoms with Gasteiger partial charge in [-0.25, -0.2) is 4.98 Å². The van der Waals surface area contributed by atoms with Crippen LogP contribution < -0.4 is 11.1 Å². The Labute approximate surface area is 156 Å². The molecular weight excluding hydrogens is 433 g/mol. The molecule has 1 aromatic carbocycles. The van der Waals surface area contributed by atoms with Crippen molar-refractivity contribution in [3.63, 3.8) is 0 Å². The molecule has 3 rings (SSSR count). The molecule has 0 unspecified atom stereocenters. The van der Waals surface area contributed by atoms with E-state index in [1.54, 1.807) is 31.3 Å². The zero-order valence-corrected chi connectivity index (χ0v) is 15.4. The Morgan fingerprint density at radius 2 is 2.28 bits per heavy atom. The van der Waals surface area contributed by atoms with Crippen LogP contribution in [0.1, 0.15) is 28.9 Å². The Bertz CT molecular complexity index is 1000. The zero-order valence-electron chi connectivity index (χ0n) is 13.2. The number of nitrogens with two attached hydrogens (primary N) is 1. The van der Waals surface area contributed by atoms with Gasteiger partial charge in [0.15, 0.2) is 0 Å². The number of nitrogens with zero attached hydrogens (tertiary/aromatic N) is 4. The van der Waals surface area contributed by atoms with Crippen molar-refractivity contribution in [2.75, 3.05) is 5.32 Å². The predicted molar refractivity (Wildman–Crippen MR) is 105 cm³/mol. The second kappa shape index (κ2) is 7.09. The number of azide groups is 1. The maximum Gasteiger partial charge on any atom is 0.255 e. The Kier molecular flexibility index (Phi) is 4.88. The highest BCUT2D eigenvalue weighted by atomic mass is 127. The number of rotatable bonds is 4. The summed E-state index contributed by atoms with van der Waals surface area (Å²) >= 11 is 2.18. The molecule has 0 spiro atoms. The van der Waals surface area contributed by atoms with Gasteiger partial charge in [-0.05, 0) is 58.8 Å². The molecule has 25 heavy (non-hydrogen) atoms. The molecule has 0 saturated carbocycles. The molecule has 2 heterocycles. The minimum absolute atomic E-state index is 0.307. The van der Waals surface area contributed by atoms with Gasteiger partial charge in [-0.3, -0.25) is 4.79 Å². The SMILES string of the molecule is C[C@@H](N)c1ccc(C(=O)Nc2ccnc3[nH]cc(I)c23)cc1N=[N+]=[N-]. The van der Waals surface area contributed by atoms with Crippen LogP contribution in [0.15, 0.2) is 41.8 Å². The number of anilines is 1. The maximum absolute atomic E-state index is 12.6. The van der Waals surface area contributed by atoms with Gasteiger partial charge in [0.2, 0.25) is 0 Å². The monoisotopic (exact) mass is 447 g/mol. The first-order valence-electron chi connectivity index (χ1n) is 7.39. The maximum atomic E-state index is 12.6. The summed E-state index contributed by atoms with van der Waals surface area (Å²) in [7, 11) is 0. The summed E-state index contributed by atoms with van der Waals surface area (Å²) in [5.41, 5.74) is 17.3. The first kappa shape index (κ1) is 17.2. The molecule has 3 aromatic rings. The quantitative estimate of drug-likeness (QED) is 0.237. The van der Waals surface area contributed by atoms with E-state index in [9.17, 15) is 4.79 Å². The number of aromatic amines is 1. The number of halogens is 1. The number of hydrogen-bond donors (Lipinski definition) is 3. The van der Waals surface area contributed by atoms with E-state index in [4.69, 9.17) is 11.3 Å². The molecule has 0 fully saturated rings. The standard InChI is InChI=1S/C16H14IN7O/c1-8(18)10-3-2-9(6-13(10)23-24-19)16(25)22-12-4-5-20-15-14(12)11(17)7-21-15/h2-8H,18H2,1H3,(H2,20,21,22,25)/t8-/m1/s1. The van der Waals surface area contributed by atoms with Crippen LogP contribution in [0.3, 0.4) is 0 Å². The third-order valence-electron chi connectivity index (χ3n) is 3.71. The summed E-state index contributed by atoms with van der Waals surface area (Å²) in [6, 6.07) is 6.32. The number of aromatic nitrogens is 2. The lowest BCUT2D eigenvalue weighted by Gasteiger charge is -2.12. The third-order valence-corrected chi connectivity index (χ3v) is 4.56. The van der Waals surface area contributed by atoms with Crippen LogP contribution >= 0.6 is 22.6 Å². The van der Waals surface area contributed by atoms with E-state index in [2.05, 4.69) is 47.9 Å². The van der Waals surface area contributed by atoms with Crippen molar-refractivity contribution in [1.29, 1.82) is 0 Å². The van der Waals surface area contributed by atoms with Crippen molar-refractivity contribution in [3.8, 4) is 0 Å². The molecule has 0 aliphatic carbocycles. The zero-order chi connectivity index (χ0) is 18.0. The van der Waals surface area contributed by atoms with E-state index >= 15 is 0 Å². The number of fused-ring (bicyclic) bond motifs is 1. The van der Waals surface area contributed by atoms with Crippen molar-refractivity contribution in [1.82, 2.24) is 9.97 Å². The molecule has 2 aromatic heterocycles. The van der Waals surface area contributed by atoms with Crippen LogP contribution in [0, 0.1) is 3.57 Å². The molecule has 0 radical (unpaired) electrons. The Morgan fingerprint density at radius 1 is 1.48 bits per heavy atom. The van der Waals surface area contributed by atoms with Crippen LogP contribution in [0.5, 0.6) is 0 Å². The molecule has 126 valence electrons. The number of H-pyrrole nitrogens is 1. The fourth-order valence-corrected chi connectivity index (χ4v) is 3.22. The van der Waals surface area contributed by atoms with Gasteiger partial charge in [0.25, 0.3) is 5.91 Å². The van der Waals surface area contributed by atoms with Crippen molar-refractivity contribution in [2.24, 2.45) is 10.8 Å². The molecule has 0 saturated heterocycles. The summed E-state index contributed by atoms with van der Waals surface area (Å²) in [5, 5.41) is 7.36. The summed E-state index contributed by atoms with van der Waals surface area (Å²) < 4.78 is 0.957. The molecular formula is C16H14IN7O. The highest BCUT2D eigenvalue weighted by Gasteiger charge is 2.14. The van der Waals surface area contributed by atoms with E-state index in [0.29, 0.717) is 28.1 Å². The van der Waals surface area contributed by atoms with Crippen LogP contribution in [0.4, 0.5) is 11.4 Å². The fourth-order valence-electron chi connectivity index (χ4n) is 2.52. The molecule has 8 nitrogen and oxygen atoms in total.